The fraction of sp³-hybridized carbons (Fsp3) is 0. The van der Waals surface area contributed by atoms with Crippen molar-refractivity contribution in [3.63, 3.8) is 0 Å². The van der Waals surface area contributed by atoms with E-state index in [2.05, 4.69) is 0 Å². The first-order valence-electron chi connectivity index (χ1n) is 0. The molecule has 0 aliphatic carbocycles. The molecule has 0 aliphatic rings. The van der Waals surface area contributed by atoms with Gasteiger partial charge in [-0.15, -0.1) is 0 Å². The minimum atomic E-state index is 0. The third-order valence-electron chi connectivity index (χ3n) is 0. The molecule has 0 heterocycles. The second kappa shape index (κ2) is 19.6. The minimum absolute atomic E-state index is 0. The summed E-state index contributed by atoms with van der Waals surface area (Å²) < 4.78 is 0. The van der Waals surface area contributed by atoms with E-state index in [0.29, 0.717) is 0 Å². The summed E-state index contributed by atoms with van der Waals surface area (Å²) in [6.45, 7) is 0. The molecule has 0 aliphatic heterocycles. The van der Waals surface area contributed by atoms with Gasteiger partial charge in [-0.25, -0.2) is 0 Å². The Kier molecular flexibility index (Phi) is 179. The van der Waals surface area contributed by atoms with E-state index in [1.807, 2.05) is 0 Å². The first kappa shape index (κ1) is 36.5. The molecule has 4 heavy (non-hydrogen) atoms. The number of rotatable bonds is 0. The van der Waals surface area contributed by atoms with Crippen molar-refractivity contribution in [2.24, 2.45) is 0 Å². The van der Waals surface area contributed by atoms with Gasteiger partial charge in [-0.05, 0) is 0 Å². The van der Waals surface area contributed by atoms with Crippen molar-refractivity contribution in [2.45, 2.75) is 0 Å². The molecule has 0 bridgehead atoms. The Balaban J connectivity index is 0. The first-order chi connectivity index (χ1) is 0. The van der Waals surface area contributed by atoms with Crippen LogP contribution in [0.3, 0.4) is 0 Å². The second-order valence-corrected chi connectivity index (χ2v) is 0. The zero-order chi connectivity index (χ0) is 0. The second-order valence-electron chi connectivity index (χ2n) is 0. The molecular formula is H4FeLiMnP. The molecule has 0 N–H and O–H groups in total. The van der Waals surface area contributed by atoms with Gasteiger partial charge in [-0.3, -0.25) is 0 Å². The maximum Gasteiger partial charge on any atom is 1.00 e. The van der Waals surface area contributed by atoms with Gasteiger partial charge in [0.15, 0.2) is 0 Å². The molecule has 0 fully saturated rings. The number of hydrogen-bond donors (Lipinski definition) is 0. The average Bonchev–Trinajstić information content (AvgIpc) is 0. The van der Waals surface area contributed by atoms with Crippen LogP contribution in [0.2, 0.25) is 0 Å². The van der Waals surface area contributed by atoms with E-state index >= 15 is 0 Å². The first-order valence-corrected chi connectivity index (χ1v) is 0. The SMILES string of the molecule is P.[Fe].[H-].[Li+].[Mn]. The predicted octanol–water partition coefficient (Wildman–Crippen LogP) is -2.83. The number of hydrogen-bond acceptors (Lipinski definition) is 0. The quantitative estimate of drug-likeness (QED) is 0.260. The molecule has 0 aromatic rings. The van der Waals surface area contributed by atoms with Gasteiger partial charge in [0.25, 0.3) is 0 Å². The van der Waals surface area contributed by atoms with E-state index in [-0.39, 0.29) is 64.3 Å². The molecule has 1 radical (unpaired) electrons. The van der Waals surface area contributed by atoms with E-state index in [0.717, 1.165) is 0 Å². The Morgan fingerprint density at radius 3 is 1.25 bits per heavy atom. The van der Waals surface area contributed by atoms with Crippen LogP contribution in [0.15, 0.2) is 0 Å². The summed E-state index contributed by atoms with van der Waals surface area (Å²) in [5, 5.41) is 0. The fourth-order valence-electron chi connectivity index (χ4n) is 0. The van der Waals surface area contributed by atoms with Crippen LogP contribution in [0.5, 0.6) is 0 Å². The third kappa shape index (κ3) is 8.95. The van der Waals surface area contributed by atoms with Crippen molar-refractivity contribution < 1.29 is 54.4 Å². The van der Waals surface area contributed by atoms with E-state index in [1.54, 1.807) is 0 Å². The summed E-state index contributed by atoms with van der Waals surface area (Å²) in [5.74, 6) is 0. The van der Waals surface area contributed by atoms with Crippen molar-refractivity contribution in [1.82, 2.24) is 0 Å². The van der Waals surface area contributed by atoms with E-state index < -0.39 is 0 Å². The van der Waals surface area contributed by atoms with Gasteiger partial charge in [0.1, 0.15) is 0 Å². The summed E-state index contributed by atoms with van der Waals surface area (Å²) in [5.41, 5.74) is 0. The van der Waals surface area contributed by atoms with E-state index in [4.69, 9.17) is 0 Å². The molecular weight excluding hydrogens is 149 g/mol. The van der Waals surface area contributed by atoms with Crippen LogP contribution in [0, 0.1) is 0 Å². The molecule has 0 saturated heterocycles. The molecule has 0 spiro atoms. The molecule has 0 aromatic carbocycles. The van der Waals surface area contributed by atoms with Crippen molar-refractivity contribution in [3.05, 3.63) is 0 Å². The molecule has 0 aromatic heterocycles. The standard InChI is InChI=1S/Fe.Li.Mn.H3P.H/h;;;1H3;/q;+1;;;-1. The van der Waals surface area contributed by atoms with Crippen LogP contribution in [0.4, 0.5) is 0 Å². The largest absolute Gasteiger partial charge is 1.00 e. The zero-order valence-electron chi connectivity index (χ0n) is 3.44. The Labute approximate surface area is 64.1 Å². The molecule has 4 heteroatoms. The van der Waals surface area contributed by atoms with Crippen LogP contribution >= 0.6 is 9.90 Å². The molecule has 0 saturated carbocycles. The minimum Gasteiger partial charge on any atom is -1.00 e. The molecule has 1 atom stereocenters. The Morgan fingerprint density at radius 1 is 1.25 bits per heavy atom. The third-order valence-corrected chi connectivity index (χ3v) is 0. The van der Waals surface area contributed by atoms with Gasteiger partial charge in [0.05, 0.1) is 0 Å². The summed E-state index contributed by atoms with van der Waals surface area (Å²) in [7, 11) is 0. The van der Waals surface area contributed by atoms with Crippen LogP contribution in [-0.2, 0) is 34.1 Å². The average molecular weight is 153 g/mol. The van der Waals surface area contributed by atoms with Crippen LogP contribution in [0.1, 0.15) is 1.43 Å². The summed E-state index contributed by atoms with van der Waals surface area (Å²) in [4.78, 5) is 0. The van der Waals surface area contributed by atoms with Crippen molar-refractivity contribution >= 4 is 9.90 Å². The zero-order valence-corrected chi connectivity index (χ0v) is 6.14. The summed E-state index contributed by atoms with van der Waals surface area (Å²) in [6, 6.07) is 0. The molecule has 25 valence electrons. The maximum atomic E-state index is 0. The normalized spacial score (nSPS) is 0. The fourth-order valence-corrected chi connectivity index (χ4v) is 0. The van der Waals surface area contributed by atoms with Crippen LogP contribution in [0.25, 0.3) is 0 Å². The molecule has 0 rings (SSSR count). The smallest absolute Gasteiger partial charge is 1.00 e. The van der Waals surface area contributed by atoms with E-state index in [9.17, 15) is 0 Å². The summed E-state index contributed by atoms with van der Waals surface area (Å²) >= 11 is 0. The predicted molar refractivity (Wildman–Crippen MR) is 12.2 cm³/mol. The Bertz CT molecular complexity index is 11.6. The monoisotopic (exact) mass is 153 g/mol. The van der Waals surface area contributed by atoms with E-state index in [1.165, 1.54) is 0 Å². The Morgan fingerprint density at radius 2 is 1.25 bits per heavy atom. The molecule has 1 unspecified atom stereocenters. The topological polar surface area (TPSA) is 0 Å². The van der Waals surface area contributed by atoms with Gasteiger partial charge >= 0.3 is 18.9 Å². The summed E-state index contributed by atoms with van der Waals surface area (Å²) in [6.07, 6.45) is 0. The van der Waals surface area contributed by atoms with Crippen LogP contribution in [-0.4, -0.2) is 0 Å². The van der Waals surface area contributed by atoms with Gasteiger partial charge in [-0.2, -0.15) is 9.90 Å². The molecule has 0 amide bonds. The van der Waals surface area contributed by atoms with Crippen LogP contribution < -0.4 is 18.9 Å². The Hall–Kier alpha value is 2.07. The van der Waals surface area contributed by atoms with Gasteiger partial charge < -0.3 is 1.43 Å². The van der Waals surface area contributed by atoms with Gasteiger partial charge in [0.2, 0.25) is 0 Å². The van der Waals surface area contributed by atoms with Crippen molar-refractivity contribution in [3.8, 4) is 0 Å². The van der Waals surface area contributed by atoms with Crippen molar-refractivity contribution in [1.29, 1.82) is 0 Å². The van der Waals surface area contributed by atoms with Gasteiger partial charge in [0, 0.05) is 34.1 Å². The maximum absolute atomic E-state index is 0. The molecule has 0 nitrogen and oxygen atoms in total. The van der Waals surface area contributed by atoms with Gasteiger partial charge in [-0.1, -0.05) is 0 Å². The van der Waals surface area contributed by atoms with Crippen molar-refractivity contribution in [2.75, 3.05) is 0 Å².